The van der Waals surface area contributed by atoms with Crippen LogP contribution in [-0.4, -0.2) is 0 Å². The minimum absolute atomic E-state index is 1.12. The van der Waals surface area contributed by atoms with Crippen molar-refractivity contribution >= 4 is 0 Å². The maximum Gasteiger partial charge on any atom is -0.0316 e. The highest BCUT2D eigenvalue weighted by Gasteiger charge is 1.85. The van der Waals surface area contributed by atoms with E-state index >= 15 is 0 Å². The summed E-state index contributed by atoms with van der Waals surface area (Å²) >= 11 is 0. The third-order valence-corrected chi connectivity index (χ3v) is 1.69. The zero-order chi connectivity index (χ0) is 7.78. The summed E-state index contributed by atoms with van der Waals surface area (Å²) in [5, 5.41) is 0. The summed E-state index contributed by atoms with van der Waals surface area (Å²) in [4.78, 5) is 0. The molecule has 0 aromatic heterocycles. The lowest BCUT2D eigenvalue weighted by Crippen LogP contribution is -1.74. The van der Waals surface area contributed by atoms with Gasteiger partial charge in [0.2, 0.25) is 0 Å². The molecule has 0 atom stereocenters. The first-order chi connectivity index (χ1) is 5.50. The average Bonchev–Trinajstić information content (AvgIpc) is 2.08. The van der Waals surface area contributed by atoms with E-state index in [1.165, 1.54) is 19.3 Å². The molecule has 0 nitrogen and oxygen atoms in total. The van der Waals surface area contributed by atoms with Crippen LogP contribution in [0.4, 0.5) is 0 Å². The lowest BCUT2D eigenvalue weighted by molar-refractivity contribution is 0.811. The van der Waals surface area contributed by atoms with Crippen LogP contribution >= 0.6 is 0 Å². The molecule has 0 heteroatoms. The fraction of sp³-hybridized carbons (Fsp3) is 0.364. The monoisotopic (exact) mass is 147 g/mol. The van der Waals surface area contributed by atoms with E-state index in [2.05, 4.69) is 42.9 Å². The van der Waals surface area contributed by atoms with Crippen LogP contribution in [0.15, 0.2) is 36.5 Å². The molecule has 11 heavy (non-hydrogen) atoms. The standard InChI is InChI=1S/C11H15/c1-2-4-6-8-10-11-9-7-5-3-1/h1-6,9H,7-8,10-11H2/b2-1-,5-3+,6-4-. The van der Waals surface area contributed by atoms with Crippen LogP contribution < -0.4 is 0 Å². The lowest BCUT2D eigenvalue weighted by Gasteiger charge is -1.92. The molecule has 0 saturated heterocycles. The highest BCUT2D eigenvalue weighted by Crippen LogP contribution is 2.04. The van der Waals surface area contributed by atoms with Gasteiger partial charge in [-0.1, -0.05) is 36.5 Å². The molecule has 0 aliphatic heterocycles. The minimum atomic E-state index is 1.12. The molecule has 0 aromatic carbocycles. The van der Waals surface area contributed by atoms with Crippen molar-refractivity contribution in [2.24, 2.45) is 0 Å². The van der Waals surface area contributed by atoms with Gasteiger partial charge in [0.25, 0.3) is 0 Å². The second kappa shape index (κ2) is 5.96. The van der Waals surface area contributed by atoms with Gasteiger partial charge in [-0.3, -0.25) is 0 Å². The second-order valence-electron chi connectivity index (χ2n) is 2.70. The van der Waals surface area contributed by atoms with Crippen molar-refractivity contribution in [2.75, 3.05) is 0 Å². The van der Waals surface area contributed by atoms with Crippen LogP contribution in [0.3, 0.4) is 0 Å². The van der Waals surface area contributed by atoms with Gasteiger partial charge in [0.1, 0.15) is 0 Å². The molecule has 0 unspecified atom stereocenters. The van der Waals surface area contributed by atoms with Crippen LogP contribution in [0, 0.1) is 6.42 Å². The molecular weight excluding hydrogens is 132 g/mol. The van der Waals surface area contributed by atoms with Gasteiger partial charge in [-0.25, -0.2) is 0 Å². The van der Waals surface area contributed by atoms with Gasteiger partial charge < -0.3 is 0 Å². The summed E-state index contributed by atoms with van der Waals surface area (Å²) in [6, 6.07) is 0. The molecule has 1 radical (unpaired) electrons. The van der Waals surface area contributed by atoms with Crippen LogP contribution in [0.1, 0.15) is 25.7 Å². The first-order valence-corrected chi connectivity index (χ1v) is 4.30. The third kappa shape index (κ3) is 4.60. The summed E-state index contributed by atoms with van der Waals surface area (Å²) < 4.78 is 0. The van der Waals surface area contributed by atoms with E-state index in [-0.39, 0.29) is 0 Å². The first-order valence-electron chi connectivity index (χ1n) is 4.30. The molecular formula is C11H15. The van der Waals surface area contributed by atoms with Crippen molar-refractivity contribution in [1.29, 1.82) is 0 Å². The molecule has 0 saturated carbocycles. The molecule has 0 N–H and O–H groups in total. The summed E-state index contributed by atoms with van der Waals surface area (Å²) in [6.07, 6.45) is 20.0. The number of rotatable bonds is 0. The normalized spacial score (nSPS) is 28.4. The van der Waals surface area contributed by atoms with E-state index in [1.807, 2.05) is 0 Å². The quantitative estimate of drug-likeness (QED) is 0.492. The summed E-state index contributed by atoms with van der Waals surface area (Å²) in [5.74, 6) is 0. The van der Waals surface area contributed by atoms with Gasteiger partial charge >= 0.3 is 0 Å². The van der Waals surface area contributed by atoms with Crippen molar-refractivity contribution in [2.45, 2.75) is 25.7 Å². The van der Waals surface area contributed by atoms with Crippen molar-refractivity contribution in [1.82, 2.24) is 0 Å². The minimum Gasteiger partial charge on any atom is -0.0845 e. The van der Waals surface area contributed by atoms with Gasteiger partial charge in [-0.05, 0) is 32.1 Å². The van der Waals surface area contributed by atoms with Crippen molar-refractivity contribution < 1.29 is 0 Å². The number of hydrogen-bond acceptors (Lipinski definition) is 0. The van der Waals surface area contributed by atoms with Gasteiger partial charge in [-0.2, -0.15) is 0 Å². The van der Waals surface area contributed by atoms with Crippen LogP contribution in [0.5, 0.6) is 0 Å². The highest BCUT2D eigenvalue weighted by molar-refractivity contribution is 5.11. The topological polar surface area (TPSA) is 0 Å². The summed E-state index contributed by atoms with van der Waals surface area (Å²) in [5.41, 5.74) is 0. The van der Waals surface area contributed by atoms with Crippen molar-refractivity contribution in [3.8, 4) is 0 Å². The van der Waals surface area contributed by atoms with E-state index < -0.39 is 0 Å². The first kappa shape index (κ1) is 8.32. The van der Waals surface area contributed by atoms with Crippen molar-refractivity contribution in [3.05, 3.63) is 42.9 Å². The van der Waals surface area contributed by atoms with E-state index in [9.17, 15) is 0 Å². The van der Waals surface area contributed by atoms with Gasteiger partial charge in [0.15, 0.2) is 0 Å². The zero-order valence-electron chi connectivity index (χ0n) is 6.87. The molecule has 1 aliphatic rings. The fourth-order valence-electron chi connectivity index (χ4n) is 1.05. The summed E-state index contributed by atoms with van der Waals surface area (Å²) in [7, 11) is 0. The molecule has 0 aromatic rings. The van der Waals surface area contributed by atoms with Gasteiger partial charge in [-0.15, -0.1) is 0 Å². The average molecular weight is 147 g/mol. The maximum absolute atomic E-state index is 2.34. The summed E-state index contributed by atoms with van der Waals surface area (Å²) in [6.45, 7) is 0. The Kier molecular flexibility index (Phi) is 4.51. The third-order valence-electron chi connectivity index (χ3n) is 1.69. The Bertz CT molecular complexity index is 143. The molecule has 0 spiro atoms. The molecule has 1 rings (SSSR count). The maximum atomic E-state index is 2.34. The second-order valence-corrected chi connectivity index (χ2v) is 2.70. The molecule has 1 aliphatic carbocycles. The number of hydrogen-bond donors (Lipinski definition) is 0. The SMILES string of the molecule is [CH]1C/C=C/C=C\C=C/CCC1. The molecule has 0 fully saturated rings. The molecule has 0 heterocycles. The Hall–Kier alpha value is -0.780. The fourth-order valence-corrected chi connectivity index (χ4v) is 1.05. The largest absolute Gasteiger partial charge is 0.0845 e. The van der Waals surface area contributed by atoms with E-state index in [4.69, 9.17) is 0 Å². The van der Waals surface area contributed by atoms with Gasteiger partial charge in [0, 0.05) is 0 Å². The smallest absolute Gasteiger partial charge is 0.0316 e. The Balaban J connectivity index is 2.36. The predicted molar refractivity (Wildman–Crippen MR) is 50.2 cm³/mol. The number of allylic oxidation sites excluding steroid dienone is 6. The highest BCUT2D eigenvalue weighted by atomic mass is 13.9. The predicted octanol–water partition coefficient (Wildman–Crippen LogP) is 3.43. The van der Waals surface area contributed by atoms with Crippen molar-refractivity contribution in [3.63, 3.8) is 0 Å². The molecule has 59 valence electrons. The Labute approximate surface area is 69.3 Å². The molecule has 0 bridgehead atoms. The van der Waals surface area contributed by atoms with Crippen LogP contribution in [0.2, 0.25) is 0 Å². The lowest BCUT2D eigenvalue weighted by atomic mass is 10.1. The van der Waals surface area contributed by atoms with E-state index in [0.717, 1.165) is 6.42 Å². The zero-order valence-corrected chi connectivity index (χ0v) is 6.87. The Morgan fingerprint density at radius 2 is 1.55 bits per heavy atom. The van der Waals surface area contributed by atoms with Crippen LogP contribution in [-0.2, 0) is 0 Å². The van der Waals surface area contributed by atoms with E-state index in [1.54, 1.807) is 0 Å². The van der Waals surface area contributed by atoms with E-state index in [0.29, 0.717) is 0 Å². The van der Waals surface area contributed by atoms with Crippen LogP contribution in [0.25, 0.3) is 0 Å². The Morgan fingerprint density at radius 3 is 2.45 bits per heavy atom. The Morgan fingerprint density at radius 1 is 0.727 bits per heavy atom. The van der Waals surface area contributed by atoms with Gasteiger partial charge in [0.05, 0.1) is 0 Å². The molecule has 0 amide bonds.